The summed E-state index contributed by atoms with van der Waals surface area (Å²) in [7, 11) is 6.11. The summed E-state index contributed by atoms with van der Waals surface area (Å²) < 4.78 is 21.3. The first-order chi connectivity index (χ1) is 32.0. The van der Waals surface area contributed by atoms with Gasteiger partial charge in [-0.2, -0.15) is 19.9 Å². The maximum absolute atomic E-state index is 14.1. The molecule has 346 valence electrons. The fourth-order valence-electron chi connectivity index (χ4n) is 8.91. The van der Waals surface area contributed by atoms with E-state index in [1.807, 2.05) is 49.9 Å². The molecule has 8 rings (SSSR count). The Morgan fingerprint density at radius 1 is 0.636 bits per heavy atom. The number of likely N-dealkylation sites (tertiary alicyclic amines) is 2. The van der Waals surface area contributed by atoms with Gasteiger partial charge < -0.3 is 44.4 Å². The number of amides is 2. The highest BCUT2D eigenvalue weighted by Gasteiger charge is 2.39. The molecule has 66 heavy (non-hydrogen) atoms. The molecule has 3 aromatic heterocycles. The van der Waals surface area contributed by atoms with Crippen molar-refractivity contribution in [3.05, 3.63) is 84.4 Å². The Hall–Kier alpha value is -7.04. The highest BCUT2D eigenvalue weighted by Crippen LogP contribution is 2.35. The van der Waals surface area contributed by atoms with Crippen molar-refractivity contribution in [3.63, 3.8) is 0 Å². The number of allylic oxidation sites excluding steroid dienone is 1. The average molecular weight is 898 g/mol. The van der Waals surface area contributed by atoms with Crippen LogP contribution in [0.15, 0.2) is 78.1 Å². The smallest absolute Gasteiger partial charge is 0.246 e. The van der Waals surface area contributed by atoms with Crippen LogP contribution < -0.4 is 29.6 Å². The van der Waals surface area contributed by atoms with Crippen molar-refractivity contribution in [2.75, 3.05) is 52.2 Å². The number of nitrogens with zero attached hydrogens (tertiary/aromatic N) is 8. The summed E-state index contributed by atoms with van der Waals surface area (Å²) in [5.74, 6) is 2.57. The number of methoxy groups -OCH3 is 4. The second-order valence-electron chi connectivity index (χ2n) is 17.5. The largest absolute Gasteiger partial charge is 0.481 e. The molecule has 0 spiro atoms. The highest BCUT2D eigenvalue weighted by atomic mass is 16.5. The van der Waals surface area contributed by atoms with Gasteiger partial charge in [0.25, 0.3) is 0 Å². The molecule has 2 saturated heterocycles. The van der Waals surface area contributed by atoms with Crippen molar-refractivity contribution in [1.29, 1.82) is 0 Å². The fourth-order valence-corrected chi connectivity index (χ4v) is 8.91. The van der Waals surface area contributed by atoms with Gasteiger partial charge in [-0.15, -0.1) is 0 Å². The van der Waals surface area contributed by atoms with Gasteiger partial charge in [0.2, 0.25) is 47.2 Å². The topological polar surface area (TPSA) is 194 Å². The zero-order valence-corrected chi connectivity index (χ0v) is 38.9. The van der Waals surface area contributed by atoms with E-state index in [4.69, 9.17) is 28.9 Å². The number of H-pyrrole nitrogens is 1. The van der Waals surface area contributed by atoms with Crippen molar-refractivity contribution in [2.24, 2.45) is 16.8 Å². The molecule has 17 heteroatoms. The molecule has 2 aromatic carbocycles. The standard InChI is InChI=1S/C49H59N11O6/c1-28(2)43(57-48-53-39(63-5)24-40(54-48)64-6)46(61)59-21-9-11-37(59)35-23-34(26-50-35)32-15-13-30(14-16-32)31-17-19-33(20-18-31)36-27-51-45(52-36)38-12-10-22-60(38)47(62)44(29(3)4)58-49-55-41(65-7)25-42(56-49)66-8/h13-20,24-29,37-38,43-44H,9-12,21-23H2,1-8H3,(H,51,52)(H,53,54,57)(H,55,56,58)/t37-,38-,43-,44-/m0/s1. The molecule has 0 radical (unpaired) electrons. The van der Waals surface area contributed by atoms with Crippen LogP contribution in [-0.4, -0.2) is 117 Å². The van der Waals surface area contributed by atoms with Gasteiger partial charge in [0.05, 0.1) is 64.5 Å². The molecule has 3 aliphatic heterocycles. The Balaban J connectivity index is 0.883. The first-order valence-corrected chi connectivity index (χ1v) is 22.6. The van der Waals surface area contributed by atoms with Crippen LogP contribution >= 0.6 is 0 Å². The van der Waals surface area contributed by atoms with E-state index in [0.29, 0.717) is 43.0 Å². The number of aromatic nitrogens is 6. The predicted octanol–water partition coefficient (Wildman–Crippen LogP) is 7.47. The van der Waals surface area contributed by atoms with Crippen LogP contribution in [0.3, 0.4) is 0 Å². The molecule has 0 bridgehead atoms. The van der Waals surface area contributed by atoms with E-state index in [2.05, 4.69) is 84.1 Å². The van der Waals surface area contributed by atoms with Crippen LogP contribution in [0.4, 0.5) is 11.9 Å². The number of carbonyl (C=O) groups excluding carboxylic acids is 2. The summed E-state index contributed by atoms with van der Waals surface area (Å²) in [4.78, 5) is 62.9. The highest BCUT2D eigenvalue weighted by molar-refractivity contribution is 6.04. The number of imidazole rings is 1. The Labute approximate surface area is 385 Å². The summed E-state index contributed by atoms with van der Waals surface area (Å²) >= 11 is 0. The van der Waals surface area contributed by atoms with Gasteiger partial charge in [-0.25, -0.2) is 4.98 Å². The minimum absolute atomic E-state index is 0.00223. The van der Waals surface area contributed by atoms with E-state index in [-0.39, 0.29) is 47.6 Å². The quantitative estimate of drug-likeness (QED) is 0.0833. The molecular formula is C49H59N11O6. The number of ether oxygens (including phenoxy) is 4. The average Bonchev–Trinajstić information content (AvgIpc) is 4.19. The van der Waals surface area contributed by atoms with E-state index in [0.717, 1.165) is 70.7 Å². The van der Waals surface area contributed by atoms with Crippen LogP contribution in [0.2, 0.25) is 0 Å². The lowest BCUT2D eigenvalue weighted by Crippen LogP contribution is -2.49. The minimum Gasteiger partial charge on any atom is -0.481 e. The van der Waals surface area contributed by atoms with Gasteiger partial charge in [0.15, 0.2) is 0 Å². The lowest BCUT2D eigenvalue weighted by Gasteiger charge is -2.31. The molecule has 0 aliphatic carbocycles. The van der Waals surface area contributed by atoms with Crippen molar-refractivity contribution < 1.29 is 28.5 Å². The second kappa shape index (κ2) is 20.0. The molecule has 5 aromatic rings. The monoisotopic (exact) mass is 897 g/mol. The van der Waals surface area contributed by atoms with Gasteiger partial charge in [-0.1, -0.05) is 76.2 Å². The maximum atomic E-state index is 14.1. The van der Waals surface area contributed by atoms with Gasteiger partial charge in [-0.05, 0) is 65.3 Å². The molecular weight excluding hydrogens is 839 g/mol. The maximum Gasteiger partial charge on any atom is 0.246 e. The summed E-state index contributed by atoms with van der Waals surface area (Å²) in [6.07, 6.45) is 7.92. The zero-order valence-electron chi connectivity index (χ0n) is 38.9. The van der Waals surface area contributed by atoms with Crippen LogP contribution in [0, 0.1) is 11.8 Å². The minimum atomic E-state index is -0.570. The van der Waals surface area contributed by atoms with Crippen LogP contribution in [-0.2, 0) is 9.59 Å². The Bertz CT molecular complexity index is 2530. The van der Waals surface area contributed by atoms with E-state index >= 15 is 0 Å². The van der Waals surface area contributed by atoms with E-state index in [1.165, 1.54) is 28.4 Å². The van der Waals surface area contributed by atoms with Crippen molar-refractivity contribution in [2.45, 2.75) is 84.0 Å². The van der Waals surface area contributed by atoms with Gasteiger partial charge >= 0.3 is 0 Å². The number of benzene rings is 2. The van der Waals surface area contributed by atoms with Crippen LogP contribution in [0.1, 0.15) is 77.2 Å². The summed E-state index contributed by atoms with van der Waals surface area (Å²) in [5.41, 5.74) is 7.30. The normalized spacial score (nSPS) is 18.0. The molecule has 6 heterocycles. The molecule has 4 atom stereocenters. The van der Waals surface area contributed by atoms with Gasteiger partial charge in [0, 0.05) is 31.4 Å². The zero-order chi connectivity index (χ0) is 46.5. The number of carbonyl (C=O) groups is 2. The van der Waals surface area contributed by atoms with Crippen LogP contribution in [0.5, 0.6) is 23.5 Å². The summed E-state index contributed by atoms with van der Waals surface area (Å²) in [6.45, 7) is 9.30. The molecule has 2 fully saturated rings. The number of rotatable bonds is 17. The number of aromatic amines is 1. The van der Waals surface area contributed by atoms with E-state index in [1.54, 1.807) is 12.1 Å². The molecule has 17 nitrogen and oxygen atoms in total. The number of hydrogen-bond donors (Lipinski definition) is 3. The van der Waals surface area contributed by atoms with Crippen molar-refractivity contribution in [3.8, 4) is 45.9 Å². The number of hydrogen-bond acceptors (Lipinski definition) is 14. The summed E-state index contributed by atoms with van der Waals surface area (Å²) in [6, 6.07) is 18.8. The van der Waals surface area contributed by atoms with E-state index in [9.17, 15) is 9.59 Å². The van der Waals surface area contributed by atoms with Crippen molar-refractivity contribution in [1.82, 2.24) is 39.7 Å². The fraction of sp³-hybridized carbons (Fsp3) is 0.429. The molecule has 0 saturated carbocycles. The third-order valence-corrected chi connectivity index (χ3v) is 12.5. The molecule has 3 aliphatic rings. The number of aliphatic imine (C=N–C) groups is 1. The molecule has 0 unspecified atom stereocenters. The lowest BCUT2D eigenvalue weighted by molar-refractivity contribution is -0.134. The third-order valence-electron chi connectivity index (χ3n) is 12.5. The van der Waals surface area contributed by atoms with Crippen LogP contribution in [0.25, 0.3) is 28.0 Å². The second-order valence-corrected chi connectivity index (χ2v) is 17.5. The predicted molar refractivity (Wildman–Crippen MR) is 253 cm³/mol. The third kappa shape index (κ3) is 9.79. The number of anilines is 2. The first-order valence-electron chi connectivity index (χ1n) is 22.6. The molecule has 2 amide bonds. The Morgan fingerprint density at radius 3 is 1.55 bits per heavy atom. The van der Waals surface area contributed by atoms with Gasteiger partial charge in [-0.3, -0.25) is 14.6 Å². The lowest BCUT2D eigenvalue weighted by atomic mass is 9.95. The SMILES string of the molecule is COc1cc(OC)nc(N[C@H](C(=O)N2CCC[C@H]2C2=NC=C(c3ccc(-c4ccc(-c5cnc([C@@H]6CCCN6C(=O)[C@@H](Nc6nc(OC)cc(OC)n6)C(C)C)[nH]5)cc4)cc3)C2)C(C)C)n1. The number of nitrogens with one attached hydrogen (secondary N) is 3. The first kappa shape index (κ1) is 45.5. The Morgan fingerprint density at radius 2 is 1.08 bits per heavy atom. The van der Waals surface area contributed by atoms with Gasteiger partial charge in [0.1, 0.15) is 17.9 Å². The Kier molecular flexibility index (Phi) is 13.8. The molecule has 3 N–H and O–H groups in total. The van der Waals surface area contributed by atoms with E-state index < -0.39 is 12.1 Å². The summed E-state index contributed by atoms with van der Waals surface area (Å²) in [5, 5.41) is 6.50. The van der Waals surface area contributed by atoms with Crippen molar-refractivity contribution >= 4 is 35.0 Å².